The number of hydrogen-bond acceptors (Lipinski definition) is 4. The van der Waals surface area contributed by atoms with Crippen molar-refractivity contribution in [1.29, 1.82) is 0 Å². The summed E-state index contributed by atoms with van der Waals surface area (Å²) in [6.07, 6.45) is 0.449. The van der Waals surface area contributed by atoms with Gasteiger partial charge in [-0.25, -0.2) is 8.42 Å². The van der Waals surface area contributed by atoms with E-state index < -0.39 is 9.84 Å². The van der Waals surface area contributed by atoms with E-state index in [1.165, 1.54) is 7.11 Å². The van der Waals surface area contributed by atoms with Gasteiger partial charge in [0.05, 0.1) is 5.75 Å². The summed E-state index contributed by atoms with van der Waals surface area (Å²) in [6, 6.07) is 0. The first kappa shape index (κ1) is 13.6. The largest absolute Gasteiger partial charge is 0.385 e. The van der Waals surface area contributed by atoms with Crippen molar-refractivity contribution >= 4 is 15.6 Å². The average molecular weight is 222 g/mol. The summed E-state index contributed by atoms with van der Waals surface area (Å²) in [6.45, 7) is 3.81. The van der Waals surface area contributed by atoms with E-state index in [0.717, 1.165) is 0 Å². The highest BCUT2D eigenvalue weighted by Gasteiger charge is 2.18. The lowest BCUT2D eigenvalue weighted by Crippen LogP contribution is -2.23. The quantitative estimate of drug-likeness (QED) is 0.594. The van der Waals surface area contributed by atoms with Crippen molar-refractivity contribution < 1.29 is 17.9 Å². The van der Waals surface area contributed by atoms with Gasteiger partial charge < -0.3 is 4.74 Å². The normalized spacial score (nSPS) is 12.0. The van der Waals surface area contributed by atoms with Gasteiger partial charge in [-0.05, 0) is 6.42 Å². The Morgan fingerprint density at radius 2 is 1.93 bits per heavy atom. The number of methoxy groups -OCH3 is 1. The third kappa shape index (κ3) is 6.10. The highest BCUT2D eigenvalue weighted by Crippen LogP contribution is 2.01. The lowest BCUT2D eigenvalue weighted by Gasteiger charge is -2.05. The van der Waals surface area contributed by atoms with Gasteiger partial charge in [0.2, 0.25) is 0 Å². The molecule has 0 saturated heterocycles. The second kappa shape index (κ2) is 6.14. The molecule has 14 heavy (non-hydrogen) atoms. The van der Waals surface area contributed by atoms with Gasteiger partial charge in [0.15, 0.2) is 9.84 Å². The van der Waals surface area contributed by atoms with Gasteiger partial charge in [-0.3, -0.25) is 4.79 Å². The van der Waals surface area contributed by atoms with Crippen LogP contribution < -0.4 is 0 Å². The van der Waals surface area contributed by atoms with Crippen LogP contribution in [0.25, 0.3) is 0 Å². The topological polar surface area (TPSA) is 60.4 Å². The molecule has 0 spiro atoms. The molecule has 0 aliphatic carbocycles. The first-order valence-corrected chi connectivity index (χ1v) is 6.43. The SMILES string of the molecule is COCCCS(=O)(=O)CC(=O)C(C)C. The molecule has 0 heterocycles. The van der Waals surface area contributed by atoms with Gasteiger partial charge in [-0.2, -0.15) is 0 Å². The van der Waals surface area contributed by atoms with Crippen LogP contribution in [0.4, 0.5) is 0 Å². The predicted molar refractivity (Wildman–Crippen MR) is 55.0 cm³/mol. The van der Waals surface area contributed by atoms with Gasteiger partial charge >= 0.3 is 0 Å². The first-order chi connectivity index (χ1) is 6.39. The molecule has 0 rings (SSSR count). The Balaban J connectivity index is 4.02. The van der Waals surface area contributed by atoms with Crippen LogP contribution in [-0.4, -0.2) is 39.4 Å². The molecule has 0 aromatic rings. The minimum absolute atomic E-state index is 0.0271. The van der Waals surface area contributed by atoms with Crippen LogP contribution in [0, 0.1) is 5.92 Å². The number of ether oxygens (including phenoxy) is 1. The standard InChI is InChI=1S/C9H18O4S/c1-8(2)9(10)7-14(11,12)6-4-5-13-3/h8H,4-7H2,1-3H3. The van der Waals surface area contributed by atoms with E-state index in [0.29, 0.717) is 13.0 Å². The Hall–Kier alpha value is -0.420. The number of sulfone groups is 1. The summed E-state index contributed by atoms with van der Waals surface area (Å²) in [5, 5.41) is 0. The number of ketones is 1. The van der Waals surface area contributed by atoms with Crippen molar-refractivity contribution in [1.82, 2.24) is 0 Å². The Morgan fingerprint density at radius 3 is 2.36 bits per heavy atom. The summed E-state index contributed by atoms with van der Waals surface area (Å²) in [7, 11) is -1.71. The van der Waals surface area contributed by atoms with Crippen LogP contribution in [0.1, 0.15) is 20.3 Å². The lowest BCUT2D eigenvalue weighted by molar-refractivity contribution is -0.119. The van der Waals surface area contributed by atoms with Crippen LogP contribution >= 0.6 is 0 Å². The molecule has 4 nitrogen and oxygen atoms in total. The monoisotopic (exact) mass is 222 g/mol. The number of rotatable bonds is 7. The second-order valence-corrected chi connectivity index (χ2v) is 5.74. The lowest BCUT2D eigenvalue weighted by atomic mass is 10.1. The highest BCUT2D eigenvalue weighted by molar-refractivity contribution is 7.92. The zero-order chi connectivity index (χ0) is 11.2. The second-order valence-electron chi connectivity index (χ2n) is 3.56. The molecule has 0 fully saturated rings. The molecule has 0 bridgehead atoms. The number of carbonyl (C=O) groups is 1. The van der Waals surface area contributed by atoms with Crippen molar-refractivity contribution in [3.05, 3.63) is 0 Å². The van der Waals surface area contributed by atoms with E-state index in [4.69, 9.17) is 4.74 Å². The summed E-state index contributed by atoms with van der Waals surface area (Å²) in [5.41, 5.74) is 0. The Morgan fingerprint density at radius 1 is 1.36 bits per heavy atom. The fourth-order valence-electron chi connectivity index (χ4n) is 0.879. The van der Waals surface area contributed by atoms with Crippen molar-refractivity contribution in [2.24, 2.45) is 5.92 Å². The number of hydrogen-bond donors (Lipinski definition) is 0. The molecule has 0 unspecified atom stereocenters. The van der Waals surface area contributed by atoms with Gasteiger partial charge in [0.25, 0.3) is 0 Å². The predicted octanol–water partition coefficient (Wildman–Crippen LogP) is 0.663. The van der Waals surface area contributed by atoms with Gasteiger partial charge in [0, 0.05) is 19.6 Å². The molecule has 84 valence electrons. The molecule has 0 N–H and O–H groups in total. The summed E-state index contributed by atoms with van der Waals surface area (Å²) in [5.74, 6) is -0.747. The molecule has 0 aromatic heterocycles. The molecular weight excluding hydrogens is 204 g/mol. The molecule has 5 heteroatoms. The van der Waals surface area contributed by atoms with Crippen molar-refractivity contribution in [3.63, 3.8) is 0 Å². The molecule has 0 aliphatic heterocycles. The molecular formula is C9H18O4S. The number of carbonyl (C=O) groups excluding carboxylic acids is 1. The third-order valence-electron chi connectivity index (χ3n) is 1.81. The molecule has 0 radical (unpaired) electrons. The maximum atomic E-state index is 11.3. The molecule has 0 atom stereocenters. The summed E-state index contributed by atoms with van der Waals surface area (Å²) < 4.78 is 27.4. The zero-order valence-corrected chi connectivity index (χ0v) is 9.76. The molecule has 0 saturated carbocycles. The van der Waals surface area contributed by atoms with E-state index in [1.54, 1.807) is 13.8 Å². The van der Waals surface area contributed by atoms with Gasteiger partial charge in [-0.15, -0.1) is 0 Å². The maximum absolute atomic E-state index is 11.3. The highest BCUT2D eigenvalue weighted by atomic mass is 32.2. The Labute approximate surface area is 85.6 Å². The zero-order valence-electron chi connectivity index (χ0n) is 8.95. The van der Waals surface area contributed by atoms with Crippen LogP contribution in [0.2, 0.25) is 0 Å². The van der Waals surface area contributed by atoms with Crippen LogP contribution in [0.3, 0.4) is 0 Å². The smallest absolute Gasteiger partial charge is 0.157 e. The fraction of sp³-hybridized carbons (Fsp3) is 0.889. The Bertz CT molecular complexity index is 267. The maximum Gasteiger partial charge on any atom is 0.157 e. The summed E-state index contributed by atoms with van der Waals surface area (Å²) in [4.78, 5) is 11.2. The number of Topliss-reactive ketones (excluding diaryl/α,β-unsaturated/α-hetero) is 1. The minimum atomic E-state index is -3.23. The molecule has 0 aromatic carbocycles. The Kier molecular flexibility index (Phi) is 5.95. The van der Waals surface area contributed by atoms with E-state index in [2.05, 4.69) is 0 Å². The molecule has 0 aliphatic rings. The van der Waals surface area contributed by atoms with E-state index >= 15 is 0 Å². The van der Waals surface area contributed by atoms with Crippen molar-refractivity contribution in [2.45, 2.75) is 20.3 Å². The summed E-state index contributed by atoms with van der Waals surface area (Å²) >= 11 is 0. The van der Waals surface area contributed by atoms with Crippen molar-refractivity contribution in [2.75, 3.05) is 25.2 Å². The third-order valence-corrected chi connectivity index (χ3v) is 3.44. The van der Waals surface area contributed by atoms with Crippen LogP contribution in [0.15, 0.2) is 0 Å². The molecule has 0 amide bonds. The first-order valence-electron chi connectivity index (χ1n) is 4.61. The average Bonchev–Trinajstić information content (AvgIpc) is 2.03. The van der Waals surface area contributed by atoms with E-state index in [1.807, 2.05) is 0 Å². The van der Waals surface area contributed by atoms with Crippen LogP contribution in [-0.2, 0) is 19.4 Å². The van der Waals surface area contributed by atoms with Crippen molar-refractivity contribution in [3.8, 4) is 0 Å². The van der Waals surface area contributed by atoms with E-state index in [-0.39, 0.29) is 23.2 Å². The van der Waals surface area contributed by atoms with Gasteiger partial charge in [0.1, 0.15) is 11.5 Å². The van der Waals surface area contributed by atoms with Gasteiger partial charge in [-0.1, -0.05) is 13.8 Å². The fourth-order valence-corrected chi connectivity index (χ4v) is 2.35. The minimum Gasteiger partial charge on any atom is -0.385 e. The van der Waals surface area contributed by atoms with Crippen LogP contribution in [0.5, 0.6) is 0 Å². The van der Waals surface area contributed by atoms with E-state index in [9.17, 15) is 13.2 Å².